The maximum Gasteiger partial charge on any atom is 0.328 e. The number of alkyl halides is 1. The Morgan fingerprint density at radius 1 is 1.33 bits per heavy atom. The van der Waals surface area contributed by atoms with E-state index >= 15 is 0 Å². The second kappa shape index (κ2) is 7.62. The van der Waals surface area contributed by atoms with Gasteiger partial charge in [0.05, 0.1) is 12.0 Å². The molecular formula is C13H24ClNO3. The molecule has 0 saturated heterocycles. The van der Waals surface area contributed by atoms with Gasteiger partial charge in [-0.15, -0.1) is 11.6 Å². The highest BCUT2D eigenvalue weighted by molar-refractivity contribution is 6.19. The minimum Gasteiger partial charge on any atom is -0.464 e. The van der Waals surface area contributed by atoms with Gasteiger partial charge in [-0.25, -0.2) is 4.79 Å². The number of carbonyl (C=O) groups excluding carboxylic acids is 2. The molecule has 1 amide bonds. The maximum atomic E-state index is 12.0. The number of hydrogen-bond acceptors (Lipinski definition) is 3. The Bertz CT molecular complexity index is 290. The average molecular weight is 278 g/mol. The SMILES string of the molecule is CCOC(=O)C(CC(C)C)NC(=O)C(C)(C)CCl. The molecule has 1 atom stereocenters. The first-order valence-corrected chi connectivity index (χ1v) is 6.81. The number of nitrogens with one attached hydrogen (secondary N) is 1. The van der Waals surface area contributed by atoms with Gasteiger partial charge in [-0.2, -0.15) is 0 Å². The van der Waals surface area contributed by atoms with Crippen molar-refractivity contribution in [2.24, 2.45) is 11.3 Å². The van der Waals surface area contributed by atoms with Crippen molar-refractivity contribution in [1.82, 2.24) is 5.32 Å². The van der Waals surface area contributed by atoms with E-state index in [1.54, 1.807) is 20.8 Å². The van der Waals surface area contributed by atoms with Crippen LogP contribution in [0.15, 0.2) is 0 Å². The first-order chi connectivity index (χ1) is 8.24. The summed E-state index contributed by atoms with van der Waals surface area (Å²) in [5.41, 5.74) is -0.691. The van der Waals surface area contributed by atoms with Crippen molar-refractivity contribution in [3.63, 3.8) is 0 Å². The normalized spacial score (nSPS) is 13.3. The summed E-state index contributed by atoms with van der Waals surface area (Å²) in [7, 11) is 0. The fourth-order valence-corrected chi connectivity index (χ4v) is 1.46. The smallest absolute Gasteiger partial charge is 0.328 e. The molecular weight excluding hydrogens is 254 g/mol. The summed E-state index contributed by atoms with van der Waals surface area (Å²) in [5.74, 6) is -0.115. The summed E-state index contributed by atoms with van der Waals surface area (Å²) in [6, 6.07) is -0.597. The van der Waals surface area contributed by atoms with Gasteiger partial charge in [0, 0.05) is 5.88 Å². The fourth-order valence-electron chi connectivity index (χ4n) is 1.34. The zero-order valence-corrected chi connectivity index (χ0v) is 12.6. The van der Waals surface area contributed by atoms with Crippen LogP contribution in [0.5, 0.6) is 0 Å². The van der Waals surface area contributed by atoms with E-state index in [2.05, 4.69) is 5.32 Å². The molecule has 0 fully saturated rings. The molecule has 0 aliphatic heterocycles. The summed E-state index contributed by atoms with van der Waals surface area (Å²) >= 11 is 5.74. The van der Waals surface area contributed by atoms with Crippen molar-refractivity contribution in [3.8, 4) is 0 Å². The Morgan fingerprint density at radius 3 is 2.28 bits per heavy atom. The topological polar surface area (TPSA) is 55.4 Å². The quantitative estimate of drug-likeness (QED) is 0.574. The molecule has 1 unspecified atom stereocenters. The van der Waals surface area contributed by atoms with E-state index < -0.39 is 11.5 Å². The number of halogens is 1. The second-order valence-electron chi connectivity index (χ2n) is 5.43. The minimum atomic E-state index is -0.691. The van der Waals surface area contributed by atoms with Crippen molar-refractivity contribution in [1.29, 1.82) is 0 Å². The average Bonchev–Trinajstić information content (AvgIpc) is 2.27. The zero-order valence-electron chi connectivity index (χ0n) is 11.9. The van der Waals surface area contributed by atoms with Crippen molar-refractivity contribution in [2.45, 2.75) is 47.1 Å². The standard InChI is InChI=1S/C13H24ClNO3/c1-6-18-11(16)10(7-9(2)3)15-12(17)13(4,5)8-14/h9-10H,6-8H2,1-5H3,(H,15,17). The van der Waals surface area contributed by atoms with Gasteiger partial charge >= 0.3 is 5.97 Å². The van der Waals surface area contributed by atoms with Crippen LogP contribution >= 0.6 is 11.6 Å². The van der Waals surface area contributed by atoms with Crippen LogP contribution in [0, 0.1) is 11.3 Å². The molecule has 106 valence electrons. The lowest BCUT2D eigenvalue weighted by Crippen LogP contribution is -2.48. The van der Waals surface area contributed by atoms with E-state index in [1.165, 1.54) is 0 Å². The predicted molar refractivity (Wildman–Crippen MR) is 72.5 cm³/mol. The Labute approximate surface area is 114 Å². The molecule has 0 aliphatic carbocycles. The summed E-state index contributed by atoms with van der Waals surface area (Å²) in [6.07, 6.45) is 0.558. The first kappa shape index (κ1) is 17.2. The maximum absolute atomic E-state index is 12.0. The molecule has 0 spiro atoms. The lowest BCUT2D eigenvalue weighted by molar-refractivity contribution is -0.148. The van der Waals surface area contributed by atoms with E-state index in [1.807, 2.05) is 13.8 Å². The number of rotatable bonds is 7. The van der Waals surface area contributed by atoms with E-state index in [0.717, 1.165) is 0 Å². The molecule has 1 N–H and O–H groups in total. The van der Waals surface area contributed by atoms with Gasteiger partial charge in [-0.05, 0) is 33.1 Å². The summed E-state index contributed by atoms with van der Waals surface area (Å²) < 4.78 is 4.97. The number of carbonyl (C=O) groups is 2. The molecule has 5 heteroatoms. The highest BCUT2D eigenvalue weighted by atomic mass is 35.5. The van der Waals surface area contributed by atoms with Crippen molar-refractivity contribution in [3.05, 3.63) is 0 Å². The fraction of sp³-hybridized carbons (Fsp3) is 0.846. The lowest BCUT2D eigenvalue weighted by Gasteiger charge is -2.25. The molecule has 0 bridgehead atoms. The monoisotopic (exact) mass is 277 g/mol. The van der Waals surface area contributed by atoms with Crippen molar-refractivity contribution in [2.75, 3.05) is 12.5 Å². The number of hydrogen-bond donors (Lipinski definition) is 1. The highest BCUT2D eigenvalue weighted by Gasteiger charge is 2.31. The Balaban J connectivity index is 4.69. The second-order valence-corrected chi connectivity index (χ2v) is 5.69. The van der Waals surface area contributed by atoms with Gasteiger partial charge in [0.25, 0.3) is 0 Å². The number of ether oxygens (including phenoxy) is 1. The van der Waals surface area contributed by atoms with Crippen LogP contribution in [0.2, 0.25) is 0 Å². The van der Waals surface area contributed by atoms with Crippen molar-refractivity contribution < 1.29 is 14.3 Å². The Hall–Kier alpha value is -0.770. The van der Waals surface area contributed by atoms with Crippen molar-refractivity contribution >= 4 is 23.5 Å². The lowest BCUT2D eigenvalue weighted by atomic mass is 9.94. The molecule has 0 saturated carbocycles. The van der Waals surface area contributed by atoms with Crippen LogP contribution in [-0.4, -0.2) is 30.4 Å². The number of esters is 1. The zero-order chi connectivity index (χ0) is 14.3. The Morgan fingerprint density at radius 2 is 1.89 bits per heavy atom. The molecule has 0 aliphatic rings. The minimum absolute atomic E-state index is 0.204. The third-order valence-corrected chi connectivity index (χ3v) is 3.20. The third kappa shape index (κ3) is 5.71. The van der Waals surface area contributed by atoms with Crippen LogP contribution < -0.4 is 5.32 Å². The van der Waals surface area contributed by atoms with Gasteiger partial charge in [0.1, 0.15) is 6.04 Å². The molecule has 4 nitrogen and oxygen atoms in total. The van der Waals surface area contributed by atoms with E-state index in [4.69, 9.17) is 16.3 Å². The molecule has 0 rings (SSSR count). The summed E-state index contributed by atoms with van der Waals surface area (Å²) in [4.78, 5) is 23.8. The van der Waals surface area contributed by atoms with Crippen LogP contribution in [0.4, 0.5) is 0 Å². The van der Waals surface area contributed by atoms with Crippen LogP contribution in [0.3, 0.4) is 0 Å². The van der Waals surface area contributed by atoms with E-state index in [-0.39, 0.29) is 17.8 Å². The molecule has 0 aromatic heterocycles. The van der Waals surface area contributed by atoms with Gasteiger partial charge in [0.15, 0.2) is 0 Å². The van der Waals surface area contributed by atoms with Gasteiger partial charge in [-0.3, -0.25) is 4.79 Å². The van der Waals surface area contributed by atoms with Gasteiger partial charge in [0.2, 0.25) is 5.91 Å². The molecule has 0 heterocycles. The van der Waals surface area contributed by atoms with E-state index in [0.29, 0.717) is 18.9 Å². The summed E-state index contributed by atoms with van der Waals surface area (Å²) in [6.45, 7) is 9.52. The predicted octanol–water partition coefficient (Wildman–Crippen LogP) is 2.35. The Kier molecular flexibility index (Phi) is 7.29. The highest BCUT2D eigenvalue weighted by Crippen LogP contribution is 2.18. The third-order valence-electron chi connectivity index (χ3n) is 2.53. The first-order valence-electron chi connectivity index (χ1n) is 6.28. The molecule has 0 aromatic carbocycles. The number of amides is 1. The van der Waals surface area contributed by atoms with E-state index in [9.17, 15) is 9.59 Å². The molecule has 18 heavy (non-hydrogen) atoms. The van der Waals surface area contributed by atoms with Crippen LogP contribution in [0.25, 0.3) is 0 Å². The molecule has 0 radical (unpaired) electrons. The molecule has 0 aromatic rings. The van der Waals surface area contributed by atoms with Crippen LogP contribution in [-0.2, 0) is 14.3 Å². The van der Waals surface area contributed by atoms with Gasteiger partial charge < -0.3 is 10.1 Å². The van der Waals surface area contributed by atoms with Crippen LogP contribution in [0.1, 0.15) is 41.0 Å². The largest absolute Gasteiger partial charge is 0.464 e. The van der Waals surface area contributed by atoms with Gasteiger partial charge in [-0.1, -0.05) is 13.8 Å². The summed E-state index contributed by atoms with van der Waals surface area (Å²) in [5, 5.41) is 2.73.